The van der Waals surface area contributed by atoms with Gasteiger partial charge in [0, 0.05) is 23.1 Å². The van der Waals surface area contributed by atoms with Gasteiger partial charge in [-0.05, 0) is 56.9 Å². The van der Waals surface area contributed by atoms with Gasteiger partial charge in [0.05, 0.1) is 0 Å². The minimum atomic E-state index is -0.289. The van der Waals surface area contributed by atoms with Crippen molar-refractivity contribution >= 4 is 17.3 Å². The monoisotopic (exact) mass is 325 g/mol. The van der Waals surface area contributed by atoms with Crippen LogP contribution >= 0.6 is 0 Å². The minimum Gasteiger partial charge on any atom is -0.355 e. The maximum Gasteiger partial charge on any atom is 0.270 e. The molecule has 0 saturated carbocycles. The molecule has 0 bridgehead atoms. The number of aromatic nitrogens is 1. The number of nitrogens with zero attached hydrogens (tertiary/aromatic N) is 1. The van der Waals surface area contributed by atoms with Crippen molar-refractivity contribution in [3.05, 3.63) is 53.3 Å². The van der Waals surface area contributed by atoms with Crippen LogP contribution in [0.1, 0.15) is 62.2 Å². The summed E-state index contributed by atoms with van der Waals surface area (Å²) in [5.74, 6) is 0.248. The molecule has 0 aliphatic carbocycles. The highest BCUT2D eigenvalue weighted by Gasteiger charge is 2.17. The molecule has 1 aromatic heterocycles. The van der Waals surface area contributed by atoms with Crippen molar-refractivity contribution in [2.24, 2.45) is 0 Å². The maximum absolute atomic E-state index is 12.3. The predicted molar refractivity (Wildman–Crippen MR) is 100 cm³/mol. The van der Waals surface area contributed by atoms with Crippen LogP contribution in [-0.4, -0.2) is 16.4 Å². The number of amides is 1. The zero-order valence-corrected chi connectivity index (χ0v) is 15.4. The number of pyridine rings is 1. The van der Waals surface area contributed by atoms with E-state index >= 15 is 0 Å². The first-order valence-electron chi connectivity index (χ1n) is 8.32. The Morgan fingerprint density at radius 1 is 1.17 bits per heavy atom. The summed E-state index contributed by atoms with van der Waals surface area (Å²) in [7, 11) is 0. The number of benzene rings is 1. The summed E-state index contributed by atoms with van der Waals surface area (Å²) in [5.41, 5.74) is 4.52. The highest BCUT2D eigenvalue weighted by Crippen LogP contribution is 2.30. The van der Waals surface area contributed by atoms with E-state index in [1.807, 2.05) is 26.8 Å². The minimum absolute atomic E-state index is 0.167. The van der Waals surface area contributed by atoms with E-state index in [9.17, 15) is 4.79 Å². The largest absolute Gasteiger partial charge is 0.355 e. The molecule has 4 nitrogen and oxygen atoms in total. The number of rotatable bonds is 4. The topological polar surface area (TPSA) is 54.0 Å². The lowest BCUT2D eigenvalue weighted by molar-refractivity contribution is 0.0914. The normalized spacial score (nSPS) is 11.5. The van der Waals surface area contributed by atoms with Gasteiger partial charge in [0.25, 0.3) is 5.91 Å². The van der Waals surface area contributed by atoms with E-state index in [1.165, 1.54) is 11.1 Å². The van der Waals surface area contributed by atoms with Gasteiger partial charge in [0.2, 0.25) is 0 Å². The van der Waals surface area contributed by atoms with Crippen LogP contribution in [0.25, 0.3) is 0 Å². The van der Waals surface area contributed by atoms with Crippen molar-refractivity contribution in [2.75, 3.05) is 5.32 Å². The summed E-state index contributed by atoms with van der Waals surface area (Å²) in [4.78, 5) is 16.5. The Balaban J connectivity index is 2.30. The molecule has 1 heterocycles. The zero-order valence-electron chi connectivity index (χ0n) is 15.4. The van der Waals surface area contributed by atoms with Crippen molar-refractivity contribution in [3.63, 3.8) is 0 Å². The second-order valence-corrected chi connectivity index (χ2v) is 7.45. The van der Waals surface area contributed by atoms with Gasteiger partial charge < -0.3 is 10.6 Å². The van der Waals surface area contributed by atoms with Crippen molar-refractivity contribution in [1.82, 2.24) is 10.3 Å². The molecule has 2 aromatic rings. The fourth-order valence-electron chi connectivity index (χ4n) is 2.52. The van der Waals surface area contributed by atoms with E-state index in [0.717, 1.165) is 11.4 Å². The van der Waals surface area contributed by atoms with Crippen molar-refractivity contribution in [2.45, 2.75) is 53.0 Å². The summed E-state index contributed by atoms with van der Waals surface area (Å²) in [6, 6.07) is 9.96. The first-order valence-corrected chi connectivity index (χ1v) is 8.32. The predicted octanol–water partition coefficient (Wildman–Crippen LogP) is 4.79. The highest BCUT2D eigenvalue weighted by molar-refractivity contribution is 5.93. The van der Waals surface area contributed by atoms with Crippen LogP contribution in [0, 0.1) is 6.92 Å². The SMILES string of the molecule is Cc1cccc(C(C)C)c1Nc1ccnc(C(=O)NC(C)(C)C)c1. The Kier molecular flexibility index (Phi) is 5.27. The van der Waals surface area contributed by atoms with Crippen LogP contribution in [0.15, 0.2) is 36.5 Å². The van der Waals surface area contributed by atoms with Crippen LogP contribution in [0.5, 0.6) is 0 Å². The standard InChI is InChI=1S/C20H27N3O/c1-13(2)16-9-7-8-14(3)18(16)22-15-10-11-21-17(12-15)19(24)23-20(4,5)6/h7-13H,1-6H3,(H,21,22)(H,23,24). The summed E-state index contributed by atoms with van der Waals surface area (Å²) in [6.45, 7) is 12.3. The smallest absolute Gasteiger partial charge is 0.270 e. The fraction of sp³-hybridized carbons (Fsp3) is 0.400. The second kappa shape index (κ2) is 7.04. The van der Waals surface area contributed by atoms with Crippen LogP contribution in [0.3, 0.4) is 0 Å². The lowest BCUT2D eigenvalue weighted by Gasteiger charge is -2.20. The third-order valence-corrected chi connectivity index (χ3v) is 3.68. The van der Waals surface area contributed by atoms with Crippen LogP contribution in [0.4, 0.5) is 11.4 Å². The molecule has 0 radical (unpaired) electrons. The molecule has 0 fully saturated rings. The van der Waals surface area contributed by atoms with Gasteiger partial charge in [-0.2, -0.15) is 0 Å². The van der Waals surface area contributed by atoms with Crippen LogP contribution < -0.4 is 10.6 Å². The van der Waals surface area contributed by atoms with E-state index in [2.05, 4.69) is 54.6 Å². The second-order valence-electron chi connectivity index (χ2n) is 7.45. The lowest BCUT2D eigenvalue weighted by Crippen LogP contribution is -2.40. The first-order chi connectivity index (χ1) is 11.2. The van der Waals surface area contributed by atoms with Gasteiger partial charge in [-0.25, -0.2) is 0 Å². The Labute approximate surface area is 144 Å². The number of carbonyl (C=O) groups excluding carboxylic acids is 1. The van der Waals surface area contributed by atoms with Gasteiger partial charge >= 0.3 is 0 Å². The molecule has 2 N–H and O–H groups in total. The number of para-hydroxylation sites is 1. The highest BCUT2D eigenvalue weighted by atomic mass is 16.2. The number of carbonyl (C=O) groups is 1. The van der Waals surface area contributed by atoms with Crippen LogP contribution in [-0.2, 0) is 0 Å². The molecule has 4 heteroatoms. The van der Waals surface area contributed by atoms with Crippen molar-refractivity contribution < 1.29 is 4.79 Å². The van der Waals surface area contributed by atoms with Crippen molar-refractivity contribution in [3.8, 4) is 0 Å². The molecule has 0 unspecified atom stereocenters. The molecular formula is C20H27N3O. The molecule has 128 valence electrons. The molecule has 0 aliphatic rings. The first kappa shape index (κ1) is 18.0. The molecule has 0 spiro atoms. The number of anilines is 2. The maximum atomic E-state index is 12.3. The molecular weight excluding hydrogens is 298 g/mol. The van der Waals surface area contributed by atoms with Gasteiger partial charge in [-0.15, -0.1) is 0 Å². The third kappa shape index (κ3) is 4.57. The van der Waals surface area contributed by atoms with Gasteiger partial charge in [-0.3, -0.25) is 9.78 Å². The van der Waals surface area contributed by atoms with E-state index in [4.69, 9.17) is 0 Å². The molecule has 0 atom stereocenters. The average Bonchev–Trinajstić information content (AvgIpc) is 2.47. The van der Waals surface area contributed by atoms with Gasteiger partial charge in [0.1, 0.15) is 5.69 Å². The van der Waals surface area contributed by atoms with E-state index in [1.54, 1.807) is 12.3 Å². The summed E-state index contributed by atoms with van der Waals surface area (Å²) in [5, 5.41) is 6.40. The van der Waals surface area contributed by atoms with E-state index in [0.29, 0.717) is 11.6 Å². The Morgan fingerprint density at radius 3 is 2.50 bits per heavy atom. The van der Waals surface area contributed by atoms with E-state index in [-0.39, 0.29) is 11.4 Å². The zero-order chi connectivity index (χ0) is 17.9. The number of hydrogen-bond donors (Lipinski definition) is 2. The average molecular weight is 325 g/mol. The Hall–Kier alpha value is -2.36. The number of aryl methyl sites for hydroxylation is 1. The summed E-state index contributed by atoms with van der Waals surface area (Å²) in [6.07, 6.45) is 1.66. The summed E-state index contributed by atoms with van der Waals surface area (Å²) >= 11 is 0. The number of hydrogen-bond acceptors (Lipinski definition) is 3. The van der Waals surface area contributed by atoms with Crippen LogP contribution in [0.2, 0.25) is 0 Å². The molecule has 24 heavy (non-hydrogen) atoms. The molecule has 0 aliphatic heterocycles. The number of nitrogens with one attached hydrogen (secondary N) is 2. The molecule has 2 rings (SSSR count). The molecule has 0 saturated heterocycles. The Bertz CT molecular complexity index is 730. The van der Waals surface area contributed by atoms with Gasteiger partial charge in [-0.1, -0.05) is 32.0 Å². The third-order valence-electron chi connectivity index (χ3n) is 3.68. The van der Waals surface area contributed by atoms with E-state index < -0.39 is 0 Å². The fourth-order valence-corrected chi connectivity index (χ4v) is 2.52. The quantitative estimate of drug-likeness (QED) is 0.850. The van der Waals surface area contributed by atoms with Gasteiger partial charge in [0.15, 0.2) is 0 Å². The molecule has 1 aromatic carbocycles. The van der Waals surface area contributed by atoms with Crippen molar-refractivity contribution in [1.29, 1.82) is 0 Å². The Morgan fingerprint density at radius 2 is 1.88 bits per heavy atom. The summed E-state index contributed by atoms with van der Waals surface area (Å²) < 4.78 is 0. The molecule has 1 amide bonds. The lowest BCUT2D eigenvalue weighted by atomic mass is 9.98.